The summed E-state index contributed by atoms with van der Waals surface area (Å²) in [6.45, 7) is 12.2. The molecule has 1 amide bonds. The van der Waals surface area contributed by atoms with Gasteiger partial charge in [-0.2, -0.15) is 0 Å². The maximum atomic E-state index is 12.1. The fourth-order valence-corrected chi connectivity index (χ4v) is 2.30. The van der Waals surface area contributed by atoms with Gasteiger partial charge in [0.1, 0.15) is 0 Å². The monoisotopic (exact) mass is 241 g/mol. The smallest absolute Gasteiger partial charge is 0.239 e. The summed E-state index contributed by atoms with van der Waals surface area (Å²) >= 11 is 0. The second-order valence-corrected chi connectivity index (χ2v) is 5.69. The molecule has 0 aromatic rings. The van der Waals surface area contributed by atoms with Gasteiger partial charge in [-0.1, -0.05) is 13.8 Å². The number of nitrogens with two attached hydrogens (primary N) is 1. The van der Waals surface area contributed by atoms with Crippen LogP contribution >= 0.6 is 0 Å². The maximum Gasteiger partial charge on any atom is 0.239 e. The molecule has 0 saturated carbocycles. The summed E-state index contributed by atoms with van der Waals surface area (Å²) in [7, 11) is 0. The Kier molecular flexibility index (Phi) is 5.40. The summed E-state index contributed by atoms with van der Waals surface area (Å²) in [5.74, 6) is 0.605. The van der Waals surface area contributed by atoms with E-state index in [0.29, 0.717) is 12.0 Å². The van der Waals surface area contributed by atoms with Crippen LogP contribution in [0.15, 0.2) is 0 Å². The van der Waals surface area contributed by atoms with Crippen LogP contribution in [0.5, 0.6) is 0 Å². The molecule has 100 valence electrons. The molecular formula is C13H27N3O. The number of hydrogen-bond acceptors (Lipinski definition) is 3. The van der Waals surface area contributed by atoms with Crippen LogP contribution in [0.25, 0.3) is 0 Å². The van der Waals surface area contributed by atoms with Gasteiger partial charge in [0.15, 0.2) is 0 Å². The Balaban J connectivity index is 2.40. The molecule has 1 aliphatic heterocycles. The van der Waals surface area contributed by atoms with Crippen molar-refractivity contribution in [3.63, 3.8) is 0 Å². The summed E-state index contributed by atoms with van der Waals surface area (Å²) in [6.07, 6.45) is 0.781. The molecule has 0 spiro atoms. The van der Waals surface area contributed by atoms with E-state index in [2.05, 4.69) is 32.6 Å². The molecule has 0 radical (unpaired) electrons. The highest BCUT2D eigenvalue weighted by Gasteiger charge is 2.26. The third-order valence-electron chi connectivity index (χ3n) is 3.40. The van der Waals surface area contributed by atoms with E-state index in [1.165, 1.54) is 0 Å². The molecule has 1 atom stereocenters. The second-order valence-electron chi connectivity index (χ2n) is 5.69. The molecule has 1 aliphatic rings. The van der Waals surface area contributed by atoms with Gasteiger partial charge in [0, 0.05) is 32.2 Å². The van der Waals surface area contributed by atoms with E-state index in [-0.39, 0.29) is 11.9 Å². The summed E-state index contributed by atoms with van der Waals surface area (Å²) in [5.41, 5.74) is 5.94. The van der Waals surface area contributed by atoms with Crippen LogP contribution in [0, 0.1) is 5.92 Å². The quantitative estimate of drug-likeness (QED) is 0.796. The van der Waals surface area contributed by atoms with Gasteiger partial charge >= 0.3 is 0 Å². The Bertz CT molecular complexity index is 245. The first kappa shape index (κ1) is 14.5. The Morgan fingerprint density at radius 1 is 1.12 bits per heavy atom. The van der Waals surface area contributed by atoms with E-state index in [1.807, 2.05) is 4.90 Å². The Morgan fingerprint density at radius 2 is 1.65 bits per heavy atom. The van der Waals surface area contributed by atoms with Gasteiger partial charge in [0.05, 0.1) is 6.04 Å². The van der Waals surface area contributed by atoms with Crippen LogP contribution < -0.4 is 5.73 Å². The Hall–Kier alpha value is -0.610. The molecule has 2 N–H and O–H groups in total. The molecule has 4 nitrogen and oxygen atoms in total. The summed E-state index contributed by atoms with van der Waals surface area (Å²) in [6, 6.07) is 0.247. The van der Waals surface area contributed by atoms with Gasteiger partial charge in [-0.15, -0.1) is 0 Å². The minimum absolute atomic E-state index is 0.127. The normalized spacial score (nSPS) is 20.1. The molecule has 1 saturated heterocycles. The zero-order valence-electron chi connectivity index (χ0n) is 11.6. The van der Waals surface area contributed by atoms with Crippen LogP contribution in [-0.4, -0.2) is 54.0 Å². The predicted octanol–water partition coefficient (Wildman–Crippen LogP) is 0.912. The number of carbonyl (C=O) groups is 1. The topological polar surface area (TPSA) is 49.6 Å². The van der Waals surface area contributed by atoms with Crippen molar-refractivity contribution in [1.82, 2.24) is 9.80 Å². The van der Waals surface area contributed by atoms with Crippen LogP contribution in [0.4, 0.5) is 0 Å². The van der Waals surface area contributed by atoms with Gasteiger partial charge in [0.25, 0.3) is 0 Å². The first-order valence-corrected chi connectivity index (χ1v) is 6.70. The molecule has 17 heavy (non-hydrogen) atoms. The molecule has 1 fully saturated rings. The zero-order chi connectivity index (χ0) is 13.0. The van der Waals surface area contributed by atoms with Crippen LogP contribution in [0.2, 0.25) is 0 Å². The van der Waals surface area contributed by atoms with Crippen molar-refractivity contribution in [1.29, 1.82) is 0 Å². The first-order chi connectivity index (χ1) is 7.91. The van der Waals surface area contributed by atoms with E-state index in [1.54, 1.807) is 0 Å². The third-order valence-corrected chi connectivity index (χ3v) is 3.40. The van der Waals surface area contributed by atoms with Gasteiger partial charge in [-0.05, 0) is 26.2 Å². The van der Waals surface area contributed by atoms with E-state index in [0.717, 1.165) is 32.6 Å². The summed E-state index contributed by atoms with van der Waals surface area (Å²) < 4.78 is 0. The molecule has 0 aromatic heterocycles. The molecule has 0 aromatic carbocycles. The lowest BCUT2D eigenvalue weighted by atomic mass is 10.0. The van der Waals surface area contributed by atoms with Gasteiger partial charge in [0.2, 0.25) is 5.91 Å². The predicted molar refractivity (Wildman–Crippen MR) is 70.7 cm³/mol. The highest BCUT2D eigenvalue weighted by Crippen LogP contribution is 2.10. The van der Waals surface area contributed by atoms with Crippen molar-refractivity contribution in [2.24, 2.45) is 11.7 Å². The average Bonchev–Trinajstić information content (AvgIpc) is 2.27. The molecule has 0 bridgehead atoms. The van der Waals surface area contributed by atoms with Crippen molar-refractivity contribution >= 4 is 5.91 Å². The average molecular weight is 241 g/mol. The molecule has 0 unspecified atom stereocenters. The lowest BCUT2D eigenvalue weighted by Gasteiger charge is -2.38. The van der Waals surface area contributed by atoms with Crippen LogP contribution in [0.3, 0.4) is 0 Å². The molecule has 0 aliphatic carbocycles. The fraction of sp³-hybridized carbons (Fsp3) is 0.923. The van der Waals surface area contributed by atoms with Crippen molar-refractivity contribution in [3.8, 4) is 0 Å². The van der Waals surface area contributed by atoms with Crippen LogP contribution in [0.1, 0.15) is 34.1 Å². The van der Waals surface area contributed by atoms with Gasteiger partial charge in [-0.3, -0.25) is 9.69 Å². The van der Waals surface area contributed by atoms with Crippen molar-refractivity contribution in [3.05, 3.63) is 0 Å². The summed E-state index contributed by atoms with van der Waals surface area (Å²) in [5, 5.41) is 0. The number of piperazine rings is 1. The number of rotatable bonds is 4. The Morgan fingerprint density at radius 3 is 2.06 bits per heavy atom. The molecule has 4 heteroatoms. The second kappa shape index (κ2) is 6.36. The Labute approximate surface area is 105 Å². The van der Waals surface area contributed by atoms with Crippen LogP contribution in [-0.2, 0) is 4.79 Å². The minimum atomic E-state index is -0.319. The van der Waals surface area contributed by atoms with Crippen molar-refractivity contribution < 1.29 is 4.79 Å². The minimum Gasteiger partial charge on any atom is -0.339 e. The number of hydrogen-bond donors (Lipinski definition) is 1. The zero-order valence-corrected chi connectivity index (χ0v) is 11.6. The first-order valence-electron chi connectivity index (χ1n) is 6.70. The largest absolute Gasteiger partial charge is 0.339 e. The molecular weight excluding hydrogens is 214 g/mol. The van der Waals surface area contributed by atoms with E-state index in [9.17, 15) is 4.79 Å². The fourth-order valence-electron chi connectivity index (χ4n) is 2.30. The van der Waals surface area contributed by atoms with Gasteiger partial charge in [-0.25, -0.2) is 0 Å². The number of carbonyl (C=O) groups excluding carboxylic acids is 1. The van der Waals surface area contributed by atoms with Crippen molar-refractivity contribution in [2.75, 3.05) is 26.2 Å². The summed E-state index contributed by atoms with van der Waals surface area (Å²) in [4.78, 5) is 16.4. The van der Waals surface area contributed by atoms with E-state index < -0.39 is 0 Å². The highest BCUT2D eigenvalue weighted by atomic mass is 16.2. The maximum absolute atomic E-state index is 12.1. The van der Waals surface area contributed by atoms with Crippen molar-refractivity contribution in [2.45, 2.75) is 46.2 Å². The standard InChI is InChI=1S/C13H27N3O/c1-10(2)9-12(14)13(17)16-7-5-15(6-8-16)11(3)4/h10-12H,5-9,14H2,1-4H3/t12-/m1/s1. The van der Waals surface area contributed by atoms with E-state index >= 15 is 0 Å². The van der Waals surface area contributed by atoms with E-state index in [4.69, 9.17) is 5.73 Å². The lowest BCUT2D eigenvalue weighted by Crippen LogP contribution is -2.54. The lowest BCUT2D eigenvalue weighted by molar-refractivity contribution is -0.135. The third kappa shape index (κ3) is 4.28. The number of amides is 1. The van der Waals surface area contributed by atoms with Gasteiger partial charge < -0.3 is 10.6 Å². The number of nitrogens with zero attached hydrogens (tertiary/aromatic N) is 2. The molecule has 1 heterocycles. The highest BCUT2D eigenvalue weighted by molar-refractivity contribution is 5.81. The molecule has 1 rings (SSSR count). The SMILES string of the molecule is CC(C)C[C@@H](N)C(=O)N1CCN(C(C)C)CC1.